The lowest BCUT2D eigenvalue weighted by Gasteiger charge is -2.30. The number of piperidine rings is 1. The molecule has 1 aromatic carbocycles. The Morgan fingerprint density at radius 2 is 2.03 bits per heavy atom. The monoisotopic (exact) mass is 415 g/mol. The molecular weight excluding hydrogens is 392 g/mol. The number of aromatic amines is 1. The number of carbonyl (C=O) groups is 1. The molecule has 158 valence electrons. The standard InChI is InChI=1S/C21H23F2N5O2/c1-2-27-7-5-13(6-8-27)11-24-21(30)16-12-25-28-19(29)10-18(26-20(16)28)15-4-3-14(22)9-17(15)23/h3-4,9-10,12-13,25H,2,5-8,11H2,1H3,(H,24,30). The lowest BCUT2D eigenvalue weighted by molar-refractivity contribution is 0.0938. The minimum atomic E-state index is -0.828. The summed E-state index contributed by atoms with van der Waals surface area (Å²) in [6.07, 6.45) is 3.45. The third-order valence-corrected chi connectivity index (χ3v) is 5.65. The van der Waals surface area contributed by atoms with Crippen molar-refractivity contribution in [1.82, 2.24) is 24.8 Å². The molecule has 1 aliphatic rings. The summed E-state index contributed by atoms with van der Waals surface area (Å²) in [7, 11) is 0. The molecule has 0 atom stereocenters. The number of nitrogens with zero attached hydrogens (tertiary/aromatic N) is 3. The van der Waals surface area contributed by atoms with Gasteiger partial charge in [-0.1, -0.05) is 6.92 Å². The number of rotatable bonds is 5. The van der Waals surface area contributed by atoms with Gasteiger partial charge in [0.2, 0.25) is 0 Å². The van der Waals surface area contributed by atoms with E-state index in [0.29, 0.717) is 12.5 Å². The molecule has 0 aliphatic carbocycles. The van der Waals surface area contributed by atoms with Gasteiger partial charge in [-0.15, -0.1) is 0 Å². The highest BCUT2D eigenvalue weighted by Gasteiger charge is 2.21. The van der Waals surface area contributed by atoms with Crippen LogP contribution in [0.4, 0.5) is 8.78 Å². The van der Waals surface area contributed by atoms with E-state index in [4.69, 9.17) is 0 Å². The average molecular weight is 415 g/mol. The molecule has 1 fully saturated rings. The second kappa shape index (κ2) is 8.35. The summed E-state index contributed by atoms with van der Waals surface area (Å²) in [5, 5.41) is 5.63. The minimum Gasteiger partial charge on any atom is -0.352 e. The Bertz CT molecular complexity index is 1130. The first-order valence-electron chi connectivity index (χ1n) is 10.0. The molecule has 7 nitrogen and oxygen atoms in total. The Balaban J connectivity index is 1.56. The number of H-pyrrole nitrogens is 1. The quantitative estimate of drug-likeness (QED) is 0.671. The van der Waals surface area contributed by atoms with E-state index in [-0.39, 0.29) is 28.4 Å². The van der Waals surface area contributed by atoms with Crippen LogP contribution >= 0.6 is 0 Å². The van der Waals surface area contributed by atoms with Gasteiger partial charge in [-0.25, -0.2) is 18.3 Å². The first-order valence-corrected chi connectivity index (χ1v) is 10.0. The predicted molar refractivity (Wildman–Crippen MR) is 108 cm³/mol. The molecule has 0 radical (unpaired) electrons. The van der Waals surface area contributed by atoms with E-state index in [0.717, 1.165) is 55.2 Å². The molecule has 1 aliphatic heterocycles. The second-order valence-electron chi connectivity index (χ2n) is 7.54. The van der Waals surface area contributed by atoms with Crippen LogP contribution in [0.25, 0.3) is 16.9 Å². The summed E-state index contributed by atoms with van der Waals surface area (Å²) >= 11 is 0. The van der Waals surface area contributed by atoms with Crippen molar-refractivity contribution in [2.24, 2.45) is 5.92 Å². The predicted octanol–water partition coefficient (Wildman–Crippen LogP) is 2.43. The maximum Gasteiger partial charge on any atom is 0.273 e. The zero-order valence-electron chi connectivity index (χ0n) is 16.6. The van der Waals surface area contributed by atoms with Gasteiger partial charge in [0.25, 0.3) is 11.5 Å². The van der Waals surface area contributed by atoms with Crippen molar-refractivity contribution in [2.45, 2.75) is 19.8 Å². The number of likely N-dealkylation sites (tertiary alicyclic amines) is 1. The fraction of sp³-hybridized carbons (Fsp3) is 0.381. The van der Waals surface area contributed by atoms with Gasteiger partial charge in [-0.2, -0.15) is 0 Å². The van der Waals surface area contributed by atoms with Crippen LogP contribution in [0.2, 0.25) is 0 Å². The van der Waals surface area contributed by atoms with Crippen molar-refractivity contribution in [1.29, 1.82) is 0 Å². The highest BCUT2D eigenvalue weighted by Crippen LogP contribution is 2.22. The Hall–Kier alpha value is -3.07. The number of halogens is 2. The van der Waals surface area contributed by atoms with E-state index >= 15 is 0 Å². The number of benzene rings is 1. The van der Waals surface area contributed by atoms with Gasteiger partial charge >= 0.3 is 0 Å². The zero-order chi connectivity index (χ0) is 21.3. The molecule has 30 heavy (non-hydrogen) atoms. The summed E-state index contributed by atoms with van der Waals surface area (Å²) < 4.78 is 28.5. The molecule has 0 unspecified atom stereocenters. The number of fused-ring (bicyclic) bond motifs is 1. The van der Waals surface area contributed by atoms with E-state index in [1.165, 1.54) is 12.3 Å². The van der Waals surface area contributed by atoms with Crippen LogP contribution in [0.3, 0.4) is 0 Å². The lowest BCUT2D eigenvalue weighted by atomic mass is 9.97. The maximum absolute atomic E-state index is 14.2. The molecule has 0 spiro atoms. The number of nitrogens with one attached hydrogen (secondary N) is 2. The molecule has 3 heterocycles. The fourth-order valence-electron chi connectivity index (χ4n) is 3.82. The van der Waals surface area contributed by atoms with Crippen molar-refractivity contribution in [3.05, 3.63) is 58.0 Å². The molecule has 0 saturated carbocycles. The summed E-state index contributed by atoms with van der Waals surface area (Å²) in [6.45, 7) is 5.76. The van der Waals surface area contributed by atoms with Crippen molar-refractivity contribution in [3.63, 3.8) is 0 Å². The molecular formula is C21H23F2N5O2. The summed E-state index contributed by atoms with van der Waals surface area (Å²) in [6, 6.07) is 4.19. The number of aromatic nitrogens is 3. The first-order chi connectivity index (χ1) is 14.5. The number of hydrogen-bond acceptors (Lipinski definition) is 4. The molecule has 4 rings (SSSR count). The largest absolute Gasteiger partial charge is 0.352 e. The molecule has 3 aromatic rings. The van der Waals surface area contributed by atoms with E-state index in [2.05, 4.69) is 27.2 Å². The van der Waals surface area contributed by atoms with Gasteiger partial charge in [-0.05, 0) is 50.5 Å². The Morgan fingerprint density at radius 1 is 1.27 bits per heavy atom. The summed E-state index contributed by atoms with van der Waals surface area (Å²) in [5.41, 5.74) is -0.170. The smallest absolute Gasteiger partial charge is 0.273 e. The van der Waals surface area contributed by atoms with Gasteiger partial charge in [0.1, 0.15) is 17.2 Å². The topological polar surface area (TPSA) is 82.5 Å². The van der Waals surface area contributed by atoms with Gasteiger partial charge in [0, 0.05) is 30.4 Å². The van der Waals surface area contributed by atoms with Gasteiger partial charge in [0.05, 0.1) is 5.69 Å². The van der Waals surface area contributed by atoms with Crippen LogP contribution in [-0.2, 0) is 0 Å². The molecule has 2 N–H and O–H groups in total. The van der Waals surface area contributed by atoms with Crippen molar-refractivity contribution in [2.75, 3.05) is 26.2 Å². The Morgan fingerprint density at radius 3 is 2.73 bits per heavy atom. The first kappa shape index (κ1) is 20.2. The van der Waals surface area contributed by atoms with E-state index in [9.17, 15) is 18.4 Å². The average Bonchev–Trinajstić information content (AvgIpc) is 3.17. The number of amides is 1. The number of hydrogen-bond donors (Lipinski definition) is 2. The van der Waals surface area contributed by atoms with Gasteiger partial charge in [-0.3, -0.25) is 14.7 Å². The van der Waals surface area contributed by atoms with Crippen LogP contribution < -0.4 is 10.9 Å². The zero-order valence-corrected chi connectivity index (χ0v) is 16.6. The highest BCUT2D eigenvalue weighted by molar-refractivity contribution is 5.99. The van der Waals surface area contributed by atoms with Crippen LogP contribution in [0, 0.1) is 17.6 Å². The molecule has 9 heteroatoms. The SMILES string of the molecule is CCN1CCC(CNC(=O)c2c[nH]n3c(=O)cc(-c4ccc(F)cc4F)nc23)CC1. The second-order valence-corrected chi connectivity index (χ2v) is 7.54. The van der Waals surface area contributed by atoms with E-state index in [1.54, 1.807) is 0 Å². The highest BCUT2D eigenvalue weighted by atomic mass is 19.1. The fourth-order valence-corrected chi connectivity index (χ4v) is 3.82. The van der Waals surface area contributed by atoms with Crippen molar-refractivity contribution in [3.8, 4) is 11.3 Å². The normalized spacial score (nSPS) is 15.6. The van der Waals surface area contributed by atoms with Crippen molar-refractivity contribution >= 4 is 11.6 Å². The number of carbonyl (C=O) groups excluding carboxylic acids is 1. The minimum absolute atomic E-state index is 0.00811. The lowest BCUT2D eigenvalue weighted by Crippen LogP contribution is -2.38. The van der Waals surface area contributed by atoms with E-state index < -0.39 is 17.2 Å². The van der Waals surface area contributed by atoms with Gasteiger partial charge in [0.15, 0.2) is 5.65 Å². The van der Waals surface area contributed by atoms with Crippen LogP contribution in [0.1, 0.15) is 30.1 Å². The third-order valence-electron chi connectivity index (χ3n) is 5.65. The molecule has 0 bridgehead atoms. The molecule has 1 amide bonds. The van der Waals surface area contributed by atoms with Crippen LogP contribution in [0.5, 0.6) is 0 Å². The third kappa shape index (κ3) is 3.97. The van der Waals surface area contributed by atoms with Crippen LogP contribution in [0.15, 0.2) is 35.3 Å². The summed E-state index contributed by atoms with van der Waals surface area (Å²) in [4.78, 5) is 31.8. The van der Waals surface area contributed by atoms with Gasteiger partial charge < -0.3 is 10.2 Å². The maximum atomic E-state index is 14.2. The molecule has 1 saturated heterocycles. The molecule has 2 aromatic heterocycles. The van der Waals surface area contributed by atoms with E-state index in [1.807, 2.05) is 0 Å². The Kier molecular flexibility index (Phi) is 5.63. The van der Waals surface area contributed by atoms with Crippen molar-refractivity contribution < 1.29 is 13.6 Å². The van der Waals surface area contributed by atoms with Crippen LogP contribution in [-0.4, -0.2) is 51.6 Å². The summed E-state index contributed by atoms with van der Waals surface area (Å²) in [5.74, 6) is -1.50. The Labute approximate surface area is 171 Å².